The monoisotopic (exact) mass is 344 g/mol. The van der Waals surface area contributed by atoms with Crippen LogP contribution in [0.4, 0.5) is 23.2 Å². The topological polar surface area (TPSA) is 42.0 Å². The van der Waals surface area contributed by atoms with E-state index in [4.69, 9.17) is 0 Å². The van der Waals surface area contributed by atoms with Crippen molar-refractivity contribution >= 4 is 23.4 Å². The number of hydrogen-bond acceptors (Lipinski definition) is 3. The molecule has 8 heteroatoms. The summed E-state index contributed by atoms with van der Waals surface area (Å²) in [5.74, 6) is -0.881. The Morgan fingerprint density at radius 3 is 2.57 bits per heavy atom. The van der Waals surface area contributed by atoms with E-state index in [0.717, 1.165) is 24.0 Å². The normalized spacial score (nSPS) is 11.3. The molecule has 2 rings (SSSR count). The maximum Gasteiger partial charge on any atom is 0.417 e. The van der Waals surface area contributed by atoms with Crippen LogP contribution < -0.4 is 5.32 Å². The molecule has 23 heavy (non-hydrogen) atoms. The quantitative estimate of drug-likeness (QED) is 0.665. The lowest BCUT2D eigenvalue weighted by atomic mass is 10.2. The number of thioether (sulfide) groups is 1. The molecular formula is C15H12F4N2OS. The Morgan fingerprint density at radius 2 is 2.00 bits per heavy atom. The molecule has 0 unspecified atom stereocenters. The number of aromatic nitrogens is 1. The molecule has 1 amide bonds. The minimum absolute atomic E-state index is 0.0478. The van der Waals surface area contributed by atoms with Gasteiger partial charge < -0.3 is 5.32 Å². The van der Waals surface area contributed by atoms with Crippen molar-refractivity contribution in [1.29, 1.82) is 0 Å². The van der Waals surface area contributed by atoms with Crippen molar-refractivity contribution in [3.8, 4) is 0 Å². The maximum absolute atomic E-state index is 13.4. The maximum atomic E-state index is 13.4. The van der Waals surface area contributed by atoms with Gasteiger partial charge in [-0.2, -0.15) is 13.2 Å². The molecule has 0 aliphatic heterocycles. The van der Waals surface area contributed by atoms with Gasteiger partial charge in [-0.25, -0.2) is 9.37 Å². The minimum Gasteiger partial charge on any atom is -0.325 e. The summed E-state index contributed by atoms with van der Waals surface area (Å²) >= 11 is 0.990. The first-order valence-corrected chi connectivity index (χ1v) is 7.46. The summed E-state index contributed by atoms with van der Waals surface area (Å²) in [4.78, 5) is 15.4. The fraction of sp³-hybridized carbons (Fsp3) is 0.200. The number of amides is 1. The first-order valence-electron chi connectivity index (χ1n) is 6.48. The van der Waals surface area contributed by atoms with Crippen molar-refractivity contribution in [2.75, 3.05) is 11.1 Å². The van der Waals surface area contributed by atoms with E-state index in [9.17, 15) is 22.4 Å². The van der Waals surface area contributed by atoms with Crippen LogP contribution in [0.15, 0.2) is 41.6 Å². The highest BCUT2D eigenvalue weighted by Gasteiger charge is 2.30. The number of benzene rings is 1. The average molecular weight is 344 g/mol. The third-order valence-corrected chi connectivity index (χ3v) is 3.81. The van der Waals surface area contributed by atoms with E-state index in [-0.39, 0.29) is 5.75 Å². The second kappa shape index (κ2) is 6.99. The molecule has 0 aliphatic carbocycles. The molecule has 1 aromatic carbocycles. The highest BCUT2D eigenvalue weighted by molar-refractivity contribution is 7.99. The predicted octanol–water partition coefficient (Wildman–Crippen LogP) is 4.28. The molecule has 0 spiro atoms. The van der Waals surface area contributed by atoms with Crippen molar-refractivity contribution in [3.63, 3.8) is 0 Å². The Kier molecular flexibility index (Phi) is 5.25. The van der Waals surface area contributed by atoms with Gasteiger partial charge in [0.15, 0.2) is 0 Å². The van der Waals surface area contributed by atoms with Crippen LogP contribution in [0.25, 0.3) is 0 Å². The zero-order valence-corrected chi connectivity index (χ0v) is 12.8. The largest absolute Gasteiger partial charge is 0.417 e. The lowest BCUT2D eigenvalue weighted by Crippen LogP contribution is -2.14. The molecule has 0 saturated heterocycles. The second-order valence-corrected chi connectivity index (χ2v) is 5.68. The van der Waals surface area contributed by atoms with Gasteiger partial charge in [-0.05, 0) is 36.8 Å². The number of pyridine rings is 1. The van der Waals surface area contributed by atoms with Crippen molar-refractivity contribution in [2.45, 2.75) is 18.1 Å². The van der Waals surface area contributed by atoms with Gasteiger partial charge in [-0.1, -0.05) is 17.8 Å². The molecule has 1 aromatic heterocycles. The summed E-state index contributed by atoms with van der Waals surface area (Å²) in [5, 5.41) is 2.80. The number of aryl methyl sites for hydroxylation is 1. The molecule has 0 saturated carbocycles. The first kappa shape index (κ1) is 17.3. The number of rotatable bonds is 4. The van der Waals surface area contributed by atoms with Crippen LogP contribution in [0, 0.1) is 12.7 Å². The van der Waals surface area contributed by atoms with E-state index >= 15 is 0 Å². The zero-order chi connectivity index (χ0) is 17.0. The van der Waals surface area contributed by atoms with Crippen molar-refractivity contribution < 1.29 is 22.4 Å². The number of alkyl halides is 3. The third kappa shape index (κ3) is 4.95. The standard InChI is InChI=1S/C15H12F4N2OS/c1-9-2-4-11(6-12(9)16)21-13(22)8-23-14-5-3-10(7-20-14)15(17,18)19/h2-7H,8H2,1H3,(H,21,22). The van der Waals surface area contributed by atoms with Crippen molar-refractivity contribution in [2.24, 2.45) is 0 Å². The molecule has 0 atom stereocenters. The number of anilines is 1. The lowest BCUT2D eigenvalue weighted by Gasteiger charge is -2.07. The van der Waals surface area contributed by atoms with Gasteiger partial charge in [0.1, 0.15) is 5.82 Å². The average Bonchev–Trinajstić information content (AvgIpc) is 2.48. The molecule has 1 N–H and O–H groups in total. The number of halogens is 4. The van der Waals surface area contributed by atoms with E-state index in [1.165, 1.54) is 18.2 Å². The molecule has 3 nitrogen and oxygen atoms in total. The van der Waals surface area contributed by atoms with Crippen LogP contribution >= 0.6 is 11.8 Å². The second-order valence-electron chi connectivity index (χ2n) is 4.68. The van der Waals surface area contributed by atoms with Gasteiger partial charge in [-0.15, -0.1) is 0 Å². The fourth-order valence-corrected chi connectivity index (χ4v) is 2.28. The SMILES string of the molecule is Cc1ccc(NC(=O)CSc2ccc(C(F)(F)F)cn2)cc1F. The van der Waals surface area contributed by atoms with Gasteiger partial charge in [0.25, 0.3) is 0 Å². The Labute approximate surface area is 134 Å². The predicted molar refractivity (Wildman–Crippen MR) is 79.7 cm³/mol. The van der Waals surface area contributed by atoms with Crippen molar-refractivity contribution in [1.82, 2.24) is 4.98 Å². The molecule has 0 bridgehead atoms. The van der Waals surface area contributed by atoms with Gasteiger partial charge >= 0.3 is 6.18 Å². The van der Waals surface area contributed by atoms with Crippen molar-refractivity contribution in [3.05, 3.63) is 53.5 Å². The number of carbonyl (C=O) groups is 1. The molecule has 0 aliphatic rings. The highest BCUT2D eigenvalue weighted by Crippen LogP contribution is 2.29. The Hall–Kier alpha value is -2.09. The Balaban J connectivity index is 1.90. The van der Waals surface area contributed by atoms with Gasteiger partial charge in [0.2, 0.25) is 5.91 Å². The molecule has 0 radical (unpaired) electrons. The summed E-state index contributed by atoms with van der Waals surface area (Å²) in [6.45, 7) is 1.60. The molecule has 0 fully saturated rings. The number of hydrogen-bond donors (Lipinski definition) is 1. The van der Waals surface area contributed by atoms with E-state index in [2.05, 4.69) is 10.3 Å². The van der Waals surface area contributed by atoms with Crippen LogP contribution in [-0.4, -0.2) is 16.6 Å². The Morgan fingerprint density at radius 1 is 1.26 bits per heavy atom. The van der Waals surface area contributed by atoms with Crippen LogP contribution in [-0.2, 0) is 11.0 Å². The lowest BCUT2D eigenvalue weighted by molar-refractivity contribution is -0.137. The Bertz CT molecular complexity index is 702. The van der Waals surface area contributed by atoms with Crippen LogP contribution in [0.5, 0.6) is 0 Å². The number of carbonyl (C=O) groups excluding carboxylic acids is 1. The number of nitrogens with one attached hydrogen (secondary N) is 1. The van der Waals surface area contributed by atoms with Crippen LogP contribution in [0.1, 0.15) is 11.1 Å². The van der Waals surface area contributed by atoms with Crippen LogP contribution in [0.2, 0.25) is 0 Å². The fourth-order valence-electron chi connectivity index (χ4n) is 1.64. The van der Waals surface area contributed by atoms with Gasteiger partial charge in [0.05, 0.1) is 16.3 Å². The molecule has 1 heterocycles. The zero-order valence-electron chi connectivity index (χ0n) is 11.9. The van der Waals surface area contributed by atoms with E-state index in [0.29, 0.717) is 16.3 Å². The third-order valence-electron chi connectivity index (χ3n) is 2.87. The molecule has 122 valence electrons. The summed E-state index contributed by atoms with van der Waals surface area (Å²) in [7, 11) is 0. The smallest absolute Gasteiger partial charge is 0.325 e. The number of nitrogens with zero attached hydrogens (tertiary/aromatic N) is 1. The highest BCUT2D eigenvalue weighted by atomic mass is 32.2. The summed E-state index contributed by atoms with van der Waals surface area (Å²) in [6.07, 6.45) is -3.72. The van der Waals surface area contributed by atoms with Crippen LogP contribution in [0.3, 0.4) is 0 Å². The summed E-state index contributed by atoms with van der Waals surface area (Å²) in [5.41, 5.74) is -0.0631. The summed E-state index contributed by atoms with van der Waals surface area (Å²) < 4.78 is 50.5. The van der Waals surface area contributed by atoms with E-state index in [1.807, 2.05) is 0 Å². The van der Waals surface area contributed by atoms with Gasteiger partial charge in [-0.3, -0.25) is 4.79 Å². The van der Waals surface area contributed by atoms with Gasteiger partial charge in [0, 0.05) is 11.9 Å². The van der Waals surface area contributed by atoms with E-state index in [1.54, 1.807) is 13.0 Å². The first-order chi connectivity index (χ1) is 10.8. The molecule has 2 aromatic rings. The summed E-state index contributed by atoms with van der Waals surface area (Å²) in [6, 6.07) is 6.41. The molecular weight excluding hydrogens is 332 g/mol. The minimum atomic E-state index is -4.44. The van der Waals surface area contributed by atoms with E-state index < -0.39 is 23.5 Å².